The minimum Gasteiger partial charge on any atom is -0.323 e. The fraction of sp³-hybridized carbons (Fsp3) is 0.400. The average molecular weight is 287 g/mol. The minimum atomic E-state index is 0.488. The SMILES string of the molecule is C=C/C=C\C(=C/C)C(CC)c1ccccc1.CC.CNC. The summed E-state index contributed by atoms with van der Waals surface area (Å²) in [7, 11) is 3.75. The van der Waals surface area contributed by atoms with E-state index >= 15 is 0 Å². The summed E-state index contributed by atoms with van der Waals surface area (Å²) < 4.78 is 0. The summed E-state index contributed by atoms with van der Waals surface area (Å²) in [6.07, 6.45) is 9.27. The van der Waals surface area contributed by atoms with Crippen LogP contribution in [0.15, 0.2) is 66.8 Å². The predicted molar refractivity (Wildman–Crippen MR) is 98.9 cm³/mol. The zero-order chi connectivity index (χ0) is 16.5. The van der Waals surface area contributed by atoms with E-state index in [0.717, 1.165) is 6.42 Å². The van der Waals surface area contributed by atoms with Crippen LogP contribution in [0, 0.1) is 0 Å². The zero-order valence-corrected chi connectivity index (χ0v) is 14.7. The Kier molecular flexibility index (Phi) is 17.0. The summed E-state index contributed by atoms with van der Waals surface area (Å²) in [5.74, 6) is 0.488. The van der Waals surface area contributed by atoms with Gasteiger partial charge in [0.25, 0.3) is 0 Å². The van der Waals surface area contributed by atoms with Crippen LogP contribution in [0.3, 0.4) is 0 Å². The van der Waals surface area contributed by atoms with Gasteiger partial charge in [0.15, 0.2) is 0 Å². The van der Waals surface area contributed by atoms with Crippen LogP contribution >= 0.6 is 0 Å². The molecule has 1 heteroatoms. The molecule has 118 valence electrons. The number of hydrogen-bond acceptors (Lipinski definition) is 1. The molecule has 0 bridgehead atoms. The van der Waals surface area contributed by atoms with Gasteiger partial charge < -0.3 is 5.32 Å². The second kappa shape index (κ2) is 16.5. The van der Waals surface area contributed by atoms with Gasteiger partial charge in [0.1, 0.15) is 0 Å². The number of nitrogens with one attached hydrogen (secondary N) is 1. The number of allylic oxidation sites excluding steroid dienone is 5. The van der Waals surface area contributed by atoms with Gasteiger partial charge in [-0.25, -0.2) is 0 Å². The lowest BCUT2D eigenvalue weighted by Crippen LogP contribution is -1.99. The minimum absolute atomic E-state index is 0.488. The summed E-state index contributed by atoms with van der Waals surface area (Å²) in [4.78, 5) is 0. The highest BCUT2D eigenvalue weighted by Crippen LogP contribution is 2.28. The van der Waals surface area contributed by atoms with E-state index in [0.29, 0.717) is 5.92 Å². The van der Waals surface area contributed by atoms with Crippen LogP contribution in [0.1, 0.15) is 45.6 Å². The number of hydrogen-bond donors (Lipinski definition) is 1. The van der Waals surface area contributed by atoms with Crippen LogP contribution in [-0.2, 0) is 0 Å². The Balaban J connectivity index is 0. The third-order valence-corrected chi connectivity index (χ3v) is 2.77. The Hall–Kier alpha value is -1.60. The van der Waals surface area contributed by atoms with E-state index < -0.39 is 0 Å². The predicted octanol–water partition coefficient (Wildman–Crippen LogP) is 5.73. The van der Waals surface area contributed by atoms with Crippen LogP contribution in [-0.4, -0.2) is 14.1 Å². The van der Waals surface area contributed by atoms with Crippen LogP contribution < -0.4 is 5.32 Å². The molecule has 0 aliphatic rings. The molecular weight excluding hydrogens is 254 g/mol. The van der Waals surface area contributed by atoms with E-state index in [2.05, 4.69) is 68.2 Å². The summed E-state index contributed by atoms with van der Waals surface area (Å²) >= 11 is 0. The Morgan fingerprint density at radius 3 is 2.10 bits per heavy atom. The Morgan fingerprint density at radius 1 is 1.19 bits per heavy atom. The molecule has 1 atom stereocenters. The van der Waals surface area contributed by atoms with Gasteiger partial charge in [-0.2, -0.15) is 0 Å². The maximum Gasteiger partial charge on any atom is 0.00834 e. The van der Waals surface area contributed by atoms with Crippen molar-refractivity contribution in [3.05, 3.63) is 72.4 Å². The normalized spacial score (nSPS) is 11.8. The standard InChI is InChI=1S/C16H20.C2H7N.C2H6/c1-4-7-11-14(5-2)16(6-3)15-12-9-8-10-13-15;1-3-2;1-2/h4-5,7-13,16H,1,6H2,2-3H3;3H,1-2H3;1-2H3/b11-7-,14-5+;;. The first kappa shape index (κ1) is 21.7. The van der Waals surface area contributed by atoms with E-state index in [1.54, 1.807) is 0 Å². The fourth-order valence-electron chi connectivity index (χ4n) is 1.94. The van der Waals surface area contributed by atoms with Crippen molar-refractivity contribution in [3.8, 4) is 0 Å². The van der Waals surface area contributed by atoms with Gasteiger partial charge in [-0.3, -0.25) is 0 Å². The van der Waals surface area contributed by atoms with Crippen molar-refractivity contribution in [2.75, 3.05) is 14.1 Å². The van der Waals surface area contributed by atoms with Gasteiger partial charge in [0.2, 0.25) is 0 Å². The van der Waals surface area contributed by atoms with Crippen molar-refractivity contribution in [3.63, 3.8) is 0 Å². The van der Waals surface area contributed by atoms with Gasteiger partial charge in [-0.15, -0.1) is 0 Å². The van der Waals surface area contributed by atoms with Gasteiger partial charge in [0, 0.05) is 5.92 Å². The molecule has 0 amide bonds. The van der Waals surface area contributed by atoms with Crippen molar-refractivity contribution in [1.82, 2.24) is 5.32 Å². The Morgan fingerprint density at radius 2 is 1.71 bits per heavy atom. The first-order valence-electron chi connectivity index (χ1n) is 7.83. The quantitative estimate of drug-likeness (QED) is 0.682. The van der Waals surface area contributed by atoms with Gasteiger partial charge in [-0.1, -0.05) is 82.0 Å². The van der Waals surface area contributed by atoms with E-state index in [1.807, 2.05) is 40.1 Å². The fourth-order valence-corrected chi connectivity index (χ4v) is 1.94. The third kappa shape index (κ3) is 9.86. The summed E-state index contributed by atoms with van der Waals surface area (Å²) in [5, 5.41) is 2.75. The lowest BCUT2D eigenvalue weighted by Gasteiger charge is -2.16. The average Bonchev–Trinajstić information content (AvgIpc) is 2.55. The molecule has 0 aromatic heterocycles. The van der Waals surface area contributed by atoms with Crippen LogP contribution in [0.5, 0.6) is 0 Å². The molecule has 0 saturated heterocycles. The second-order valence-corrected chi connectivity index (χ2v) is 4.26. The molecule has 1 rings (SSSR count). The molecule has 0 aliphatic heterocycles. The van der Waals surface area contributed by atoms with Crippen molar-refractivity contribution < 1.29 is 0 Å². The second-order valence-electron chi connectivity index (χ2n) is 4.26. The molecule has 21 heavy (non-hydrogen) atoms. The first-order valence-corrected chi connectivity index (χ1v) is 7.83. The monoisotopic (exact) mass is 287 g/mol. The molecule has 1 aromatic carbocycles. The summed E-state index contributed by atoms with van der Waals surface area (Å²) in [6, 6.07) is 10.6. The topological polar surface area (TPSA) is 12.0 Å². The molecule has 0 spiro atoms. The van der Waals surface area contributed by atoms with Crippen molar-refractivity contribution in [2.45, 2.75) is 40.0 Å². The molecule has 1 nitrogen and oxygen atoms in total. The summed E-state index contributed by atoms with van der Waals surface area (Å²) in [5.41, 5.74) is 2.74. The largest absolute Gasteiger partial charge is 0.323 e. The van der Waals surface area contributed by atoms with Gasteiger partial charge in [-0.05, 0) is 38.6 Å². The molecule has 0 fully saturated rings. The third-order valence-electron chi connectivity index (χ3n) is 2.77. The summed E-state index contributed by atoms with van der Waals surface area (Å²) in [6.45, 7) is 12.0. The molecule has 1 unspecified atom stereocenters. The maximum atomic E-state index is 3.71. The van der Waals surface area contributed by atoms with E-state index in [9.17, 15) is 0 Å². The van der Waals surface area contributed by atoms with Crippen molar-refractivity contribution in [1.29, 1.82) is 0 Å². The Labute approximate surface area is 132 Å². The van der Waals surface area contributed by atoms with Crippen molar-refractivity contribution >= 4 is 0 Å². The Bertz CT molecular complexity index is 388. The number of benzene rings is 1. The van der Waals surface area contributed by atoms with Crippen molar-refractivity contribution in [2.24, 2.45) is 0 Å². The molecule has 0 heterocycles. The lowest BCUT2D eigenvalue weighted by atomic mass is 9.88. The smallest absolute Gasteiger partial charge is 0.00834 e. The van der Waals surface area contributed by atoms with Crippen LogP contribution in [0.4, 0.5) is 0 Å². The van der Waals surface area contributed by atoms with Crippen LogP contribution in [0.25, 0.3) is 0 Å². The molecule has 0 radical (unpaired) electrons. The zero-order valence-electron chi connectivity index (χ0n) is 14.7. The highest BCUT2D eigenvalue weighted by atomic mass is 14.7. The van der Waals surface area contributed by atoms with Crippen LogP contribution in [0.2, 0.25) is 0 Å². The molecular formula is C20H33N. The van der Waals surface area contributed by atoms with E-state index in [4.69, 9.17) is 0 Å². The highest BCUT2D eigenvalue weighted by Gasteiger charge is 2.11. The van der Waals surface area contributed by atoms with Gasteiger partial charge in [0.05, 0.1) is 0 Å². The molecule has 0 aliphatic carbocycles. The van der Waals surface area contributed by atoms with Gasteiger partial charge >= 0.3 is 0 Å². The van der Waals surface area contributed by atoms with E-state index in [-0.39, 0.29) is 0 Å². The molecule has 1 N–H and O–H groups in total. The maximum absolute atomic E-state index is 3.71. The first-order chi connectivity index (χ1) is 10.2. The highest BCUT2D eigenvalue weighted by molar-refractivity contribution is 5.35. The molecule has 0 saturated carbocycles. The van der Waals surface area contributed by atoms with E-state index in [1.165, 1.54) is 11.1 Å². The lowest BCUT2D eigenvalue weighted by molar-refractivity contribution is 0.775. The molecule has 1 aromatic rings. The number of rotatable bonds is 5.